The Balaban J connectivity index is 1.51. The SMILES string of the molecule is COc1cc(-c2nc3cc(C(c4ccc5oc(-c6ccc(O)c(OC)c6)nc5c4)(C(F)(F)F)C(F)(F)F)ccc3o2)ccc1O. The Morgan fingerprint density at radius 3 is 1.33 bits per heavy atom. The third-order valence-electron chi connectivity index (χ3n) is 7.34. The molecule has 0 aliphatic heterocycles. The minimum atomic E-state index is -5.87. The molecule has 0 amide bonds. The first-order chi connectivity index (χ1) is 21.3. The molecule has 6 aromatic rings. The smallest absolute Gasteiger partial charge is 0.411 e. The Morgan fingerprint density at radius 1 is 0.578 bits per heavy atom. The van der Waals surface area contributed by atoms with Crippen LogP contribution in [-0.2, 0) is 5.41 Å². The van der Waals surface area contributed by atoms with Crippen molar-refractivity contribution in [2.24, 2.45) is 0 Å². The van der Waals surface area contributed by atoms with Gasteiger partial charge in [0.2, 0.25) is 17.2 Å². The Hall–Kier alpha value is -5.40. The van der Waals surface area contributed by atoms with E-state index in [1.54, 1.807) is 0 Å². The predicted octanol–water partition coefficient (Wildman–Crippen LogP) is 8.14. The molecule has 2 heterocycles. The van der Waals surface area contributed by atoms with Crippen LogP contribution >= 0.6 is 0 Å². The van der Waals surface area contributed by atoms with Crippen molar-refractivity contribution in [3.8, 4) is 45.9 Å². The molecule has 0 radical (unpaired) electrons. The molecule has 0 fully saturated rings. The molecule has 0 aliphatic rings. The predicted molar refractivity (Wildman–Crippen MR) is 148 cm³/mol. The van der Waals surface area contributed by atoms with E-state index in [1.807, 2.05) is 0 Å². The monoisotopic (exact) mass is 630 g/mol. The highest BCUT2D eigenvalue weighted by atomic mass is 19.4. The van der Waals surface area contributed by atoms with E-state index in [9.17, 15) is 36.6 Å². The first-order valence-electron chi connectivity index (χ1n) is 13.0. The van der Waals surface area contributed by atoms with E-state index in [0.717, 1.165) is 12.1 Å². The highest BCUT2D eigenvalue weighted by Gasteiger charge is 2.72. The van der Waals surface area contributed by atoms with Crippen molar-refractivity contribution >= 4 is 22.2 Å². The van der Waals surface area contributed by atoms with Gasteiger partial charge in [-0.25, -0.2) is 9.97 Å². The average molecular weight is 630 g/mol. The van der Waals surface area contributed by atoms with Gasteiger partial charge < -0.3 is 28.5 Å². The zero-order valence-corrected chi connectivity index (χ0v) is 23.1. The van der Waals surface area contributed by atoms with E-state index >= 15 is 0 Å². The van der Waals surface area contributed by atoms with Gasteiger partial charge >= 0.3 is 12.4 Å². The summed E-state index contributed by atoms with van der Waals surface area (Å²) < 4.78 is 111. The first kappa shape index (κ1) is 29.7. The number of aromatic hydroxyl groups is 2. The standard InChI is InChI=1S/C31H20F6N2O6/c1-42-25-11-15(3-7-21(25)40)27-38-19-13-17(5-9-23(19)44-27)29(30(32,33)34,31(35,36)37)18-6-10-24-20(14-18)39-28(45-24)16-4-8-22(41)26(12-16)43-2/h3-14,40-41H,1-2H3. The lowest BCUT2D eigenvalue weighted by atomic mass is 9.72. The molecule has 4 aromatic carbocycles. The molecule has 0 unspecified atom stereocenters. The summed E-state index contributed by atoms with van der Waals surface area (Å²) in [6, 6.07) is 12.8. The van der Waals surface area contributed by atoms with Crippen molar-refractivity contribution in [3.63, 3.8) is 0 Å². The lowest BCUT2D eigenvalue weighted by molar-refractivity contribution is -0.288. The van der Waals surface area contributed by atoms with E-state index in [2.05, 4.69) is 9.97 Å². The van der Waals surface area contributed by atoms with Gasteiger partial charge in [-0.15, -0.1) is 0 Å². The molecule has 0 atom stereocenters. The number of phenols is 2. The lowest BCUT2D eigenvalue weighted by Gasteiger charge is -2.38. The fourth-order valence-electron chi connectivity index (χ4n) is 5.17. The lowest BCUT2D eigenvalue weighted by Crippen LogP contribution is -2.54. The maximum atomic E-state index is 14.9. The number of rotatable bonds is 6. The molecule has 0 aliphatic carbocycles. The molecule has 0 spiro atoms. The number of halogens is 6. The van der Waals surface area contributed by atoms with Gasteiger partial charge in [0.05, 0.1) is 14.2 Å². The summed E-state index contributed by atoms with van der Waals surface area (Å²) in [4.78, 5) is 8.27. The zero-order valence-electron chi connectivity index (χ0n) is 23.1. The van der Waals surface area contributed by atoms with Gasteiger partial charge in [-0.3, -0.25) is 0 Å². The van der Waals surface area contributed by atoms with Gasteiger partial charge in [-0.2, -0.15) is 26.3 Å². The molecule has 232 valence electrons. The van der Waals surface area contributed by atoms with Crippen LogP contribution in [0, 0.1) is 0 Å². The second-order valence-electron chi connectivity index (χ2n) is 9.92. The van der Waals surface area contributed by atoms with Crippen molar-refractivity contribution in [1.82, 2.24) is 9.97 Å². The molecule has 0 saturated heterocycles. The van der Waals surface area contributed by atoms with E-state index in [0.29, 0.717) is 24.3 Å². The molecule has 0 saturated carbocycles. The molecule has 2 aromatic heterocycles. The van der Waals surface area contributed by atoms with Crippen LogP contribution in [0.25, 0.3) is 45.1 Å². The molecular formula is C31H20F6N2O6. The Morgan fingerprint density at radius 2 is 0.978 bits per heavy atom. The van der Waals surface area contributed by atoms with Crippen LogP contribution in [0.5, 0.6) is 23.0 Å². The first-order valence-corrected chi connectivity index (χ1v) is 13.0. The minimum Gasteiger partial charge on any atom is -0.504 e. The topological polar surface area (TPSA) is 111 Å². The zero-order chi connectivity index (χ0) is 32.3. The Labute approximate surface area is 249 Å². The number of aromatic nitrogens is 2. The number of methoxy groups -OCH3 is 2. The molecule has 8 nitrogen and oxygen atoms in total. The molecule has 0 bridgehead atoms. The minimum absolute atomic E-state index is 0.0551. The van der Waals surface area contributed by atoms with E-state index in [4.69, 9.17) is 18.3 Å². The van der Waals surface area contributed by atoms with Crippen molar-refractivity contribution in [2.75, 3.05) is 14.2 Å². The number of hydrogen-bond donors (Lipinski definition) is 2. The molecule has 14 heteroatoms. The Kier molecular flexibility index (Phi) is 6.82. The largest absolute Gasteiger partial charge is 0.504 e. The third kappa shape index (κ3) is 4.73. The van der Waals surface area contributed by atoms with Gasteiger partial charge in [0.15, 0.2) is 34.2 Å². The number of phenolic OH excluding ortho intramolecular Hbond substituents is 2. The van der Waals surface area contributed by atoms with E-state index in [-0.39, 0.29) is 68.1 Å². The summed E-state index contributed by atoms with van der Waals surface area (Å²) in [5.41, 5.74) is -6.94. The summed E-state index contributed by atoms with van der Waals surface area (Å²) >= 11 is 0. The highest BCUT2D eigenvalue weighted by Crippen LogP contribution is 2.57. The maximum absolute atomic E-state index is 14.9. The fraction of sp³-hybridized carbons (Fsp3) is 0.161. The van der Waals surface area contributed by atoms with E-state index in [1.165, 1.54) is 50.6 Å². The van der Waals surface area contributed by atoms with Crippen LogP contribution in [0.1, 0.15) is 11.1 Å². The van der Waals surface area contributed by atoms with Gasteiger partial charge in [-0.1, -0.05) is 12.1 Å². The fourth-order valence-corrected chi connectivity index (χ4v) is 5.17. The Bertz CT molecular complexity index is 1920. The van der Waals surface area contributed by atoms with Crippen molar-refractivity contribution in [3.05, 3.63) is 83.9 Å². The van der Waals surface area contributed by atoms with Crippen LogP contribution in [0.4, 0.5) is 26.3 Å². The van der Waals surface area contributed by atoms with Gasteiger partial charge in [0.1, 0.15) is 11.0 Å². The summed E-state index contributed by atoms with van der Waals surface area (Å²) in [7, 11) is 2.60. The third-order valence-corrected chi connectivity index (χ3v) is 7.34. The second kappa shape index (κ2) is 10.4. The quantitative estimate of drug-likeness (QED) is 0.178. The number of ether oxygens (including phenoxy) is 2. The van der Waals surface area contributed by atoms with Crippen molar-refractivity contribution in [2.45, 2.75) is 17.8 Å². The highest BCUT2D eigenvalue weighted by molar-refractivity contribution is 5.80. The number of alkyl halides is 6. The van der Waals surface area contributed by atoms with E-state index < -0.39 is 28.9 Å². The number of nitrogens with zero attached hydrogens (tertiary/aromatic N) is 2. The second-order valence-corrected chi connectivity index (χ2v) is 9.92. The van der Waals surface area contributed by atoms with Gasteiger partial charge in [0.25, 0.3) is 0 Å². The van der Waals surface area contributed by atoms with Crippen LogP contribution in [0.3, 0.4) is 0 Å². The van der Waals surface area contributed by atoms with Crippen LogP contribution in [0.2, 0.25) is 0 Å². The van der Waals surface area contributed by atoms with Crippen molar-refractivity contribution < 1.29 is 54.9 Å². The molecule has 45 heavy (non-hydrogen) atoms. The molecule has 6 rings (SSSR count). The normalized spacial score (nSPS) is 12.6. The van der Waals surface area contributed by atoms with Crippen LogP contribution in [-0.4, -0.2) is 46.8 Å². The average Bonchev–Trinajstić information content (AvgIpc) is 3.60. The number of oxazole rings is 2. The molecule has 2 N–H and O–H groups in total. The van der Waals surface area contributed by atoms with Crippen LogP contribution in [0.15, 0.2) is 81.6 Å². The van der Waals surface area contributed by atoms with Crippen molar-refractivity contribution in [1.29, 1.82) is 0 Å². The summed E-state index contributed by atoms with van der Waals surface area (Å²) in [5, 5.41) is 19.7. The summed E-state index contributed by atoms with van der Waals surface area (Å²) in [6.07, 6.45) is -11.7. The molecular weight excluding hydrogens is 610 g/mol. The number of benzene rings is 4. The van der Waals surface area contributed by atoms with Crippen LogP contribution < -0.4 is 9.47 Å². The number of fused-ring (bicyclic) bond motifs is 2. The number of hydrogen-bond acceptors (Lipinski definition) is 8. The summed E-state index contributed by atoms with van der Waals surface area (Å²) in [6.45, 7) is 0. The van der Waals surface area contributed by atoms with Gasteiger partial charge in [-0.05, 0) is 71.8 Å². The summed E-state index contributed by atoms with van der Waals surface area (Å²) in [5.74, 6) is -0.517. The van der Waals surface area contributed by atoms with Gasteiger partial charge in [0, 0.05) is 11.1 Å². The maximum Gasteiger partial charge on any atom is 0.411 e.